The van der Waals surface area contributed by atoms with Crippen LogP contribution in [0.1, 0.15) is 51.2 Å². The minimum Gasteiger partial charge on any atom is -0.316 e. The third kappa shape index (κ3) is 2.47. The van der Waals surface area contributed by atoms with Crippen molar-refractivity contribution in [3.63, 3.8) is 0 Å². The minimum atomic E-state index is 0.351. The molecule has 1 heteroatoms. The fourth-order valence-corrected chi connectivity index (χ4v) is 3.43. The second-order valence-electron chi connectivity index (χ2n) is 6.00. The molecular weight excluding hydrogens is 218 g/mol. The molecule has 0 fully saturated rings. The van der Waals surface area contributed by atoms with Crippen LogP contribution < -0.4 is 5.32 Å². The molecule has 0 saturated carbocycles. The topological polar surface area (TPSA) is 12.0 Å². The Morgan fingerprint density at radius 3 is 2.78 bits per heavy atom. The zero-order valence-corrected chi connectivity index (χ0v) is 12.1. The highest BCUT2D eigenvalue weighted by molar-refractivity contribution is 5.37. The highest BCUT2D eigenvalue weighted by Crippen LogP contribution is 2.42. The van der Waals surface area contributed by atoms with Gasteiger partial charge < -0.3 is 5.32 Å². The van der Waals surface area contributed by atoms with Gasteiger partial charge in [0.15, 0.2) is 0 Å². The summed E-state index contributed by atoms with van der Waals surface area (Å²) in [5, 5.41) is 3.67. The lowest BCUT2D eigenvalue weighted by molar-refractivity contribution is 0.251. The van der Waals surface area contributed by atoms with Crippen LogP contribution in [0.2, 0.25) is 0 Å². The summed E-state index contributed by atoms with van der Waals surface area (Å²) in [5.41, 5.74) is 3.54. The molecule has 1 unspecified atom stereocenters. The summed E-state index contributed by atoms with van der Waals surface area (Å²) in [6.07, 6.45) is 5.15. The largest absolute Gasteiger partial charge is 0.316 e. The minimum absolute atomic E-state index is 0.351. The first-order chi connectivity index (χ1) is 8.70. The Morgan fingerprint density at radius 2 is 2.06 bits per heavy atom. The molecule has 2 rings (SSSR count). The summed E-state index contributed by atoms with van der Waals surface area (Å²) in [6.45, 7) is 9.28. The van der Waals surface area contributed by atoms with Crippen LogP contribution >= 0.6 is 0 Å². The lowest BCUT2D eigenvalue weighted by atomic mass is 9.64. The van der Waals surface area contributed by atoms with Crippen molar-refractivity contribution in [3.8, 4) is 0 Å². The van der Waals surface area contributed by atoms with E-state index >= 15 is 0 Å². The van der Waals surface area contributed by atoms with Gasteiger partial charge in [0.2, 0.25) is 0 Å². The molecule has 0 spiro atoms. The Labute approximate surface area is 112 Å². The van der Waals surface area contributed by atoms with Crippen molar-refractivity contribution < 1.29 is 0 Å². The van der Waals surface area contributed by atoms with Gasteiger partial charge in [0.05, 0.1) is 0 Å². The Morgan fingerprint density at radius 1 is 1.28 bits per heavy atom. The van der Waals surface area contributed by atoms with Crippen molar-refractivity contribution in [3.05, 3.63) is 35.4 Å². The maximum atomic E-state index is 3.67. The fourth-order valence-electron chi connectivity index (χ4n) is 3.43. The number of rotatable bonds is 5. The van der Waals surface area contributed by atoms with E-state index in [0.29, 0.717) is 11.3 Å². The number of benzene rings is 1. The van der Waals surface area contributed by atoms with E-state index < -0.39 is 0 Å². The van der Waals surface area contributed by atoms with Crippen LogP contribution in [-0.2, 0) is 11.8 Å². The fraction of sp³-hybridized carbons (Fsp3) is 0.647. The number of fused-ring (bicyclic) bond motifs is 1. The van der Waals surface area contributed by atoms with Crippen LogP contribution in [0.3, 0.4) is 0 Å². The van der Waals surface area contributed by atoms with Crippen molar-refractivity contribution in [2.24, 2.45) is 5.92 Å². The van der Waals surface area contributed by atoms with Crippen LogP contribution in [0, 0.1) is 5.92 Å². The van der Waals surface area contributed by atoms with E-state index in [-0.39, 0.29) is 0 Å². The molecule has 1 aromatic rings. The number of hydrogen-bond acceptors (Lipinski definition) is 1. The van der Waals surface area contributed by atoms with Crippen molar-refractivity contribution in [1.29, 1.82) is 0 Å². The molecule has 0 bridgehead atoms. The molecule has 100 valence electrons. The average molecular weight is 245 g/mol. The van der Waals surface area contributed by atoms with Crippen LogP contribution in [0.4, 0.5) is 0 Å². The smallest absolute Gasteiger partial charge is 0.0103 e. The third-order valence-corrected chi connectivity index (χ3v) is 4.60. The van der Waals surface area contributed by atoms with Gasteiger partial charge >= 0.3 is 0 Å². The first kappa shape index (κ1) is 13.6. The number of nitrogens with one attached hydrogen (secondary N) is 1. The van der Waals surface area contributed by atoms with E-state index in [1.807, 2.05) is 0 Å². The molecule has 1 aliphatic carbocycles. The summed E-state index contributed by atoms with van der Waals surface area (Å²) in [4.78, 5) is 0. The Balaban J connectivity index is 2.30. The van der Waals surface area contributed by atoms with E-state index in [1.165, 1.54) is 25.7 Å². The molecule has 1 nitrogen and oxygen atoms in total. The molecule has 0 saturated heterocycles. The van der Waals surface area contributed by atoms with Gasteiger partial charge in [-0.1, -0.05) is 45.0 Å². The first-order valence-electron chi connectivity index (χ1n) is 7.50. The molecule has 18 heavy (non-hydrogen) atoms. The lowest BCUT2D eigenvalue weighted by Gasteiger charge is -2.43. The van der Waals surface area contributed by atoms with Gasteiger partial charge in [-0.05, 0) is 49.3 Å². The molecule has 1 N–H and O–H groups in total. The third-order valence-electron chi connectivity index (χ3n) is 4.60. The Kier molecular flexibility index (Phi) is 4.45. The van der Waals surface area contributed by atoms with E-state index in [4.69, 9.17) is 0 Å². The summed E-state index contributed by atoms with van der Waals surface area (Å²) in [6, 6.07) is 9.09. The average Bonchev–Trinajstić information content (AvgIpc) is 2.39. The van der Waals surface area contributed by atoms with Gasteiger partial charge in [0.25, 0.3) is 0 Å². The van der Waals surface area contributed by atoms with E-state index in [0.717, 1.165) is 13.1 Å². The quantitative estimate of drug-likeness (QED) is 0.775. The Hall–Kier alpha value is -0.820. The maximum Gasteiger partial charge on any atom is 0.0103 e. The van der Waals surface area contributed by atoms with E-state index in [2.05, 4.69) is 50.4 Å². The number of hydrogen-bond donors (Lipinski definition) is 1. The van der Waals surface area contributed by atoms with E-state index in [1.54, 1.807) is 11.1 Å². The van der Waals surface area contributed by atoms with Gasteiger partial charge in [0, 0.05) is 12.0 Å². The zero-order valence-electron chi connectivity index (χ0n) is 12.1. The maximum absolute atomic E-state index is 3.67. The Bertz CT molecular complexity index is 383. The molecule has 0 aromatic heterocycles. The van der Waals surface area contributed by atoms with Gasteiger partial charge in [-0.2, -0.15) is 0 Å². The second kappa shape index (κ2) is 5.88. The normalized spacial score (nSPS) is 23.1. The molecule has 1 atom stereocenters. The highest BCUT2D eigenvalue weighted by atomic mass is 14.9. The van der Waals surface area contributed by atoms with Crippen LogP contribution in [0.15, 0.2) is 24.3 Å². The van der Waals surface area contributed by atoms with Crippen molar-refractivity contribution >= 4 is 0 Å². The van der Waals surface area contributed by atoms with Gasteiger partial charge in [-0.3, -0.25) is 0 Å². The molecule has 0 heterocycles. The molecule has 0 aliphatic heterocycles. The predicted octanol–water partition coefficient (Wildman–Crippen LogP) is 3.92. The van der Waals surface area contributed by atoms with Crippen molar-refractivity contribution in [2.75, 3.05) is 13.1 Å². The van der Waals surface area contributed by atoms with Crippen molar-refractivity contribution in [1.82, 2.24) is 5.32 Å². The molecule has 0 radical (unpaired) electrons. The van der Waals surface area contributed by atoms with Gasteiger partial charge in [-0.25, -0.2) is 0 Å². The summed E-state index contributed by atoms with van der Waals surface area (Å²) >= 11 is 0. The standard InChI is InChI=1S/C17H27N/c1-4-12-18-13-17(14(2)3)11-7-9-15-8-5-6-10-16(15)17/h5-6,8,10,14,18H,4,7,9,11-13H2,1-3H3. The summed E-state index contributed by atoms with van der Waals surface area (Å²) < 4.78 is 0. The van der Waals surface area contributed by atoms with Crippen LogP contribution in [-0.4, -0.2) is 13.1 Å². The zero-order chi connectivity index (χ0) is 13.0. The summed E-state index contributed by atoms with van der Waals surface area (Å²) in [5.74, 6) is 0.698. The number of aryl methyl sites for hydroxylation is 1. The van der Waals surface area contributed by atoms with Crippen LogP contribution in [0.5, 0.6) is 0 Å². The predicted molar refractivity (Wildman–Crippen MR) is 79.1 cm³/mol. The SMILES string of the molecule is CCCNCC1(C(C)C)CCCc2ccccc21. The van der Waals surface area contributed by atoms with Crippen molar-refractivity contribution in [2.45, 2.75) is 51.9 Å². The highest BCUT2D eigenvalue weighted by Gasteiger charge is 2.38. The molecule has 1 aromatic carbocycles. The van der Waals surface area contributed by atoms with Crippen LogP contribution in [0.25, 0.3) is 0 Å². The first-order valence-corrected chi connectivity index (χ1v) is 7.50. The van der Waals surface area contributed by atoms with E-state index in [9.17, 15) is 0 Å². The second-order valence-corrected chi connectivity index (χ2v) is 6.00. The summed E-state index contributed by atoms with van der Waals surface area (Å²) in [7, 11) is 0. The molecule has 1 aliphatic rings. The lowest BCUT2D eigenvalue weighted by Crippen LogP contribution is -2.45. The monoisotopic (exact) mass is 245 g/mol. The molecule has 0 amide bonds. The van der Waals surface area contributed by atoms with Gasteiger partial charge in [-0.15, -0.1) is 0 Å². The van der Waals surface area contributed by atoms with Gasteiger partial charge in [0.1, 0.15) is 0 Å². The molecular formula is C17H27N.